The van der Waals surface area contributed by atoms with Crippen molar-refractivity contribution in [3.63, 3.8) is 0 Å². The first kappa shape index (κ1) is 20.6. The summed E-state index contributed by atoms with van der Waals surface area (Å²) < 4.78 is 14.7. The summed E-state index contributed by atoms with van der Waals surface area (Å²) in [7, 11) is 0. The lowest BCUT2D eigenvalue weighted by molar-refractivity contribution is 0.621. The van der Waals surface area contributed by atoms with Gasteiger partial charge in [0.25, 0.3) is 0 Å². The van der Waals surface area contributed by atoms with Crippen LogP contribution in [0.2, 0.25) is 0 Å². The second-order valence-electron chi connectivity index (χ2n) is 7.68. The van der Waals surface area contributed by atoms with Crippen LogP contribution in [0.5, 0.6) is 0 Å². The van der Waals surface area contributed by atoms with E-state index in [9.17, 15) is 4.39 Å². The highest BCUT2D eigenvalue weighted by atomic mass is 19.1. The Morgan fingerprint density at radius 2 is 1.45 bits per heavy atom. The van der Waals surface area contributed by atoms with Crippen LogP contribution in [0.1, 0.15) is 35.6 Å². The third kappa shape index (κ3) is 4.76. The molecule has 31 heavy (non-hydrogen) atoms. The Morgan fingerprint density at radius 3 is 2.13 bits per heavy atom. The SMILES string of the molecule is C=CCCc1ccc2cc(C#Cc3ccc(-c4ccc(CC)cc4)cc3)ccc2c1F. The summed E-state index contributed by atoms with van der Waals surface area (Å²) in [6, 6.07) is 26.5. The van der Waals surface area contributed by atoms with Gasteiger partial charge >= 0.3 is 0 Å². The average molecular weight is 405 g/mol. The molecule has 0 unspecified atom stereocenters. The van der Waals surface area contributed by atoms with Crippen LogP contribution in [-0.2, 0) is 12.8 Å². The van der Waals surface area contributed by atoms with Gasteiger partial charge in [-0.3, -0.25) is 0 Å². The fourth-order valence-electron chi connectivity index (χ4n) is 3.69. The lowest BCUT2D eigenvalue weighted by Gasteiger charge is -2.06. The molecule has 0 nitrogen and oxygen atoms in total. The number of halogens is 1. The van der Waals surface area contributed by atoms with E-state index in [1.807, 2.05) is 48.5 Å². The summed E-state index contributed by atoms with van der Waals surface area (Å²) in [5.74, 6) is 6.29. The Balaban J connectivity index is 1.54. The normalized spacial score (nSPS) is 10.5. The maximum absolute atomic E-state index is 14.7. The van der Waals surface area contributed by atoms with E-state index in [1.165, 1.54) is 16.7 Å². The second-order valence-corrected chi connectivity index (χ2v) is 7.68. The topological polar surface area (TPSA) is 0 Å². The maximum atomic E-state index is 14.7. The van der Waals surface area contributed by atoms with Crippen LogP contribution in [0.3, 0.4) is 0 Å². The van der Waals surface area contributed by atoms with Crippen molar-refractivity contribution in [2.24, 2.45) is 0 Å². The Hall–Kier alpha value is -3.63. The highest BCUT2D eigenvalue weighted by Gasteiger charge is 2.07. The van der Waals surface area contributed by atoms with E-state index in [0.717, 1.165) is 34.9 Å². The van der Waals surface area contributed by atoms with Gasteiger partial charge in [0.15, 0.2) is 0 Å². The molecule has 152 valence electrons. The highest BCUT2D eigenvalue weighted by molar-refractivity contribution is 5.85. The highest BCUT2D eigenvalue weighted by Crippen LogP contribution is 2.24. The van der Waals surface area contributed by atoms with Crippen LogP contribution < -0.4 is 0 Å². The molecule has 0 atom stereocenters. The summed E-state index contributed by atoms with van der Waals surface area (Å²) in [6.45, 7) is 5.88. The number of rotatable bonds is 5. The first-order valence-corrected chi connectivity index (χ1v) is 10.7. The zero-order chi connectivity index (χ0) is 21.6. The van der Waals surface area contributed by atoms with Gasteiger partial charge in [0.1, 0.15) is 5.82 Å². The predicted molar refractivity (Wildman–Crippen MR) is 130 cm³/mol. The molecule has 0 bridgehead atoms. The van der Waals surface area contributed by atoms with Crippen LogP contribution >= 0.6 is 0 Å². The number of aryl methyl sites for hydroxylation is 2. The van der Waals surface area contributed by atoms with E-state index in [0.29, 0.717) is 11.8 Å². The molecule has 0 radical (unpaired) electrons. The van der Waals surface area contributed by atoms with E-state index < -0.39 is 0 Å². The van der Waals surface area contributed by atoms with E-state index in [4.69, 9.17) is 0 Å². The molecule has 0 saturated carbocycles. The smallest absolute Gasteiger partial charge is 0.134 e. The van der Waals surface area contributed by atoms with Gasteiger partial charge in [0.05, 0.1) is 0 Å². The van der Waals surface area contributed by atoms with E-state index in [1.54, 1.807) is 0 Å². The van der Waals surface area contributed by atoms with Crippen molar-refractivity contribution >= 4 is 10.8 Å². The monoisotopic (exact) mass is 404 g/mol. The number of hydrogen-bond donors (Lipinski definition) is 0. The lowest BCUT2D eigenvalue weighted by Crippen LogP contribution is -1.92. The first-order chi connectivity index (χ1) is 15.2. The maximum Gasteiger partial charge on any atom is 0.134 e. The van der Waals surface area contributed by atoms with E-state index >= 15 is 0 Å². The van der Waals surface area contributed by atoms with Crippen LogP contribution in [0.15, 0.2) is 91.5 Å². The van der Waals surface area contributed by atoms with Crippen molar-refractivity contribution in [1.82, 2.24) is 0 Å². The lowest BCUT2D eigenvalue weighted by atomic mass is 10.0. The molecule has 0 saturated heterocycles. The van der Waals surface area contributed by atoms with E-state index in [2.05, 4.69) is 61.7 Å². The summed E-state index contributed by atoms with van der Waals surface area (Å²) in [6.07, 6.45) is 4.31. The van der Waals surface area contributed by atoms with Gasteiger partial charge in [-0.2, -0.15) is 0 Å². The largest absolute Gasteiger partial charge is 0.206 e. The van der Waals surface area contributed by atoms with Gasteiger partial charge in [0, 0.05) is 16.5 Å². The molecular weight excluding hydrogens is 379 g/mol. The predicted octanol–water partition coefficient (Wildman–Crippen LogP) is 7.73. The summed E-state index contributed by atoms with van der Waals surface area (Å²) in [4.78, 5) is 0. The average Bonchev–Trinajstić information content (AvgIpc) is 2.83. The van der Waals surface area contributed by atoms with Crippen molar-refractivity contribution in [1.29, 1.82) is 0 Å². The summed E-state index contributed by atoms with van der Waals surface area (Å²) in [5.41, 5.74) is 6.30. The second kappa shape index (κ2) is 9.45. The van der Waals surface area contributed by atoms with Crippen LogP contribution in [0.25, 0.3) is 21.9 Å². The number of benzene rings is 4. The molecule has 0 aliphatic rings. The van der Waals surface area contributed by atoms with Crippen molar-refractivity contribution in [2.75, 3.05) is 0 Å². The van der Waals surface area contributed by atoms with Gasteiger partial charge in [-0.15, -0.1) is 6.58 Å². The van der Waals surface area contributed by atoms with Gasteiger partial charge in [0.2, 0.25) is 0 Å². The molecule has 0 aromatic heterocycles. The number of fused-ring (bicyclic) bond motifs is 1. The van der Waals surface area contributed by atoms with E-state index in [-0.39, 0.29) is 5.82 Å². The zero-order valence-electron chi connectivity index (χ0n) is 17.8. The standard InChI is InChI=1S/C30H25F/c1-3-5-6-27-18-19-28-21-24(13-20-29(28)30(27)31)8-7-23-11-16-26(17-12-23)25-14-9-22(4-2)10-15-25/h3,9-21H,1,4-6H2,2H3. The molecule has 0 amide bonds. The van der Waals surface area contributed by atoms with Gasteiger partial charge in [-0.25, -0.2) is 4.39 Å². The molecule has 0 N–H and O–H groups in total. The quantitative estimate of drug-likeness (QED) is 0.236. The Morgan fingerprint density at radius 1 is 0.806 bits per heavy atom. The Bertz CT molecular complexity index is 1270. The van der Waals surface area contributed by atoms with Crippen LogP contribution in [0, 0.1) is 17.7 Å². The van der Waals surface area contributed by atoms with Gasteiger partial charge in [-0.05, 0) is 71.2 Å². The molecule has 0 aliphatic carbocycles. The molecule has 0 aliphatic heterocycles. The summed E-state index contributed by atoms with van der Waals surface area (Å²) >= 11 is 0. The van der Waals surface area contributed by atoms with Crippen molar-refractivity contribution in [3.8, 4) is 23.0 Å². The van der Waals surface area contributed by atoms with Crippen LogP contribution in [0.4, 0.5) is 4.39 Å². The van der Waals surface area contributed by atoms with Crippen molar-refractivity contribution in [3.05, 3.63) is 120 Å². The molecule has 0 heterocycles. The van der Waals surface area contributed by atoms with Crippen molar-refractivity contribution in [2.45, 2.75) is 26.2 Å². The third-order valence-corrected chi connectivity index (χ3v) is 5.58. The molecule has 0 fully saturated rings. The van der Waals surface area contributed by atoms with Crippen molar-refractivity contribution < 1.29 is 4.39 Å². The molecule has 4 aromatic rings. The first-order valence-electron chi connectivity index (χ1n) is 10.7. The Kier molecular flexibility index (Phi) is 6.29. The molecule has 4 rings (SSSR count). The molecule has 4 aromatic carbocycles. The van der Waals surface area contributed by atoms with Gasteiger partial charge < -0.3 is 0 Å². The van der Waals surface area contributed by atoms with Gasteiger partial charge in [-0.1, -0.05) is 79.4 Å². The number of hydrogen-bond acceptors (Lipinski definition) is 0. The zero-order valence-corrected chi connectivity index (χ0v) is 17.8. The fourth-order valence-corrected chi connectivity index (χ4v) is 3.69. The van der Waals surface area contributed by atoms with Crippen LogP contribution in [-0.4, -0.2) is 0 Å². The minimum atomic E-state index is -0.138. The molecule has 1 heteroatoms. The minimum absolute atomic E-state index is 0.138. The summed E-state index contributed by atoms with van der Waals surface area (Å²) in [5, 5.41) is 1.52. The third-order valence-electron chi connectivity index (χ3n) is 5.58. The Labute approximate surface area is 184 Å². The number of allylic oxidation sites excluding steroid dienone is 1. The fraction of sp³-hybridized carbons (Fsp3) is 0.133. The minimum Gasteiger partial charge on any atom is -0.206 e. The molecular formula is C30H25F. The molecule has 0 spiro atoms.